The van der Waals surface area contributed by atoms with Crippen molar-refractivity contribution in [1.82, 2.24) is 10.1 Å². The summed E-state index contributed by atoms with van der Waals surface area (Å²) < 4.78 is 11.0. The number of benzene rings is 1. The third-order valence-corrected chi connectivity index (χ3v) is 6.16. The van der Waals surface area contributed by atoms with Crippen molar-refractivity contribution in [2.24, 2.45) is 17.3 Å². The molecule has 2 aromatic rings. The molecule has 6 heteroatoms. The summed E-state index contributed by atoms with van der Waals surface area (Å²) in [5.74, 6) is 1.13. The first-order valence-corrected chi connectivity index (χ1v) is 10.5. The second kappa shape index (κ2) is 8.01. The minimum atomic E-state index is -0.782. The van der Waals surface area contributed by atoms with Crippen LogP contribution in [0.15, 0.2) is 40.9 Å². The molecule has 0 unspecified atom stereocenters. The SMILES string of the molecule is CCOC(=O)[C@]1(Cc2cc(-c3ccccc3)no2)CCCN(C(=O)[C@@H]2C[C@H]2C)C1. The molecule has 1 aromatic heterocycles. The van der Waals surface area contributed by atoms with E-state index in [-0.39, 0.29) is 17.8 Å². The van der Waals surface area contributed by atoms with Crippen LogP contribution in [0.5, 0.6) is 0 Å². The van der Waals surface area contributed by atoms with Crippen LogP contribution in [-0.4, -0.2) is 41.6 Å². The lowest BCUT2D eigenvalue weighted by molar-refractivity contribution is -0.161. The molecule has 154 valence electrons. The molecule has 0 N–H and O–H groups in total. The molecule has 2 aliphatic rings. The lowest BCUT2D eigenvalue weighted by Gasteiger charge is -2.40. The Bertz CT molecular complexity index is 878. The lowest BCUT2D eigenvalue weighted by atomic mass is 9.76. The molecule has 1 saturated heterocycles. The fraction of sp³-hybridized carbons (Fsp3) is 0.522. The van der Waals surface area contributed by atoms with Gasteiger partial charge in [0, 0.05) is 37.1 Å². The minimum absolute atomic E-state index is 0.114. The van der Waals surface area contributed by atoms with E-state index >= 15 is 0 Å². The van der Waals surface area contributed by atoms with Gasteiger partial charge >= 0.3 is 5.97 Å². The van der Waals surface area contributed by atoms with Gasteiger partial charge in [-0.25, -0.2) is 0 Å². The monoisotopic (exact) mass is 396 g/mol. The summed E-state index contributed by atoms with van der Waals surface area (Å²) in [6.07, 6.45) is 2.79. The Hall–Kier alpha value is -2.63. The average Bonchev–Trinajstić information content (AvgIpc) is 3.29. The van der Waals surface area contributed by atoms with Crippen LogP contribution in [0.2, 0.25) is 0 Å². The van der Waals surface area contributed by atoms with Crippen molar-refractivity contribution in [3.63, 3.8) is 0 Å². The van der Waals surface area contributed by atoms with Crippen LogP contribution < -0.4 is 0 Å². The molecule has 1 aliphatic heterocycles. The van der Waals surface area contributed by atoms with E-state index in [2.05, 4.69) is 12.1 Å². The van der Waals surface area contributed by atoms with Gasteiger partial charge in [-0.15, -0.1) is 0 Å². The number of hydrogen-bond donors (Lipinski definition) is 0. The van der Waals surface area contributed by atoms with Crippen LogP contribution in [0.3, 0.4) is 0 Å². The maximum absolute atomic E-state index is 13.0. The Labute approximate surface area is 171 Å². The Morgan fingerprint density at radius 2 is 2.07 bits per heavy atom. The Morgan fingerprint density at radius 1 is 1.31 bits per heavy atom. The molecular formula is C23H28N2O4. The number of carbonyl (C=O) groups excluding carboxylic acids is 2. The molecule has 0 spiro atoms. The van der Waals surface area contributed by atoms with Crippen molar-refractivity contribution in [2.75, 3.05) is 19.7 Å². The number of esters is 1. The fourth-order valence-corrected chi connectivity index (χ4v) is 4.36. The summed E-state index contributed by atoms with van der Waals surface area (Å²) >= 11 is 0. The van der Waals surface area contributed by atoms with Crippen molar-refractivity contribution in [1.29, 1.82) is 0 Å². The summed E-state index contributed by atoms with van der Waals surface area (Å²) in [5.41, 5.74) is 0.932. The molecule has 2 heterocycles. The molecule has 29 heavy (non-hydrogen) atoms. The number of likely N-dealkylation sites (tertiary alicyclic amines) is 1. The first-order chi connectivity index (χ1) is 14.0. The van der Waals surface area contributed by atoms with E-state index in [1.54, 1.807) is 0 Å². The molecule has 1 aromatic carbocycles. The predicted molar refractivity (Wildman–Crippen MR) is 108 cm³/mol. The molecule has 1 saturated carbocycles. The number of amides is 1. The maximum atomic E-state index is 13.0. The third-order valence-electron chi connectivity index (χ3n) is 6.16. The molecule has 4 rings (SSSR count). The number of nitrogens with zero attached hydrogens (tertiary/aromatic N) is 2. The molecule has 3 atom stereocenters. The number of hydrogen-bond acceptors (Lipinski definition) is 5. The zero-order valence-electron chi connectivity index (χ0n) is 17.1. The zero-order valence-corrected chi connectivity index (χ0v) is 17.1. The van der Waals surface area contributed by atoms with E-state index in [0.29, 0.717) is 44.2 Å². The van der Waals surface area contributed by atoms with Crippen molar-refractivity contribution >= 4 is 11.9 Å². The molecule has 6 nitrogen and oxygen atoms in total. The van der Waals surface area contributed by atoms with E-state index in [4.69, 9.17) is 9.26 Å². The van der Waals surface area contributed by atoms with Gasteiger partial charge in [0.25, 0.3) is 0 Å². The van der Waals surface area contributed by atoms with Gasteiger partial charge in [0.15, 0.2) is 0 Å². The summed E-state index contributed by atoms with van der Waals surface area (Å²) in [5, 5.41) is 4.18. The Morgan fingerprint density at radius 3 is 2.76 bits per heavy atom. The van der Waals surface area contributed by atoms with Gasteiger partial charge < -0.3 is 14.2 Å². The Balaban J connectivity index is 1.56. The van der Waals surface area contributed by atoms with Crippen LogP contribution in [0.4, 0.5) is 0 Å². The quantitative estimate of drug-likeness (QED) is 0.696. The highest BCUT2D eigenvalue weighted by Crippen LogP contribution is 2.42. The van der Waals surface area contributed by atoms with Crippen molar-refractivity contribution in [2.45, 2.75) is 39.5 Å². The van der Waals surface area contributed by atoms with Crippen LogP contribution in [0, 0.1) is 17.3 Å². The summed E-state index contributed by atoms with van der Waals surface area (Å²) in [6, 6.07) is 11.7. The van der Waals surface area contributed by atoms with E-state index in [1.165, 1.54) is 0 Å². The van der Waals surface area contributed by atoms with Gasteiger partial charge in [0.05, 0.1) is 12.0 Å². The molecule has 2 fully saturated rings. The van der Waals surface area contributed by atoms with Crippen molar-refractivity contribution in [3.05, 3.63) is 42.2 Å². The fourth-order valence-electron chi connectivity index (χ4n) is 4.36. The highest BCUT2D eigenvalue weighted by Gasteiger charge is 2.49. The smallest absolute Gasteiger partial charge is 0.314 e. The summed E-state index contributed by atoms with van der Waals surface area (Å²) in [7, 11) is 0. The zero-order chi connectivity index (χ0) is 20.4. The summed E-state index contributed by atoms with van der Waals surface area (Å²) in [4.78, 5) is 27.7. The van der Waals surface area contributed by atoms with Gasteiger partial charge in [0.1, 0.15) is 11.5 Å². The second-order valence-electron chi connectivity index (χ2n) is 8.40. The molecule has 0 radical (unpaired) electrons. The first-order valence-electron chi connectivity index (χ1n) is 10.5. The Kier molecular flexibility index (Phi) is 5.43. The number of rotatable bonds is 6. The molecule has 1 amide bonds. The number of ether oxygens (including phenoxy) is 1. The molecular weight excluding hydrogens is 368 g/mol. The standard InChI is InChI=1S/C23H28N2O4/c1-3-28-22(27)23(10-7-11-25(15-23)21(26)19-12-16(19)2)14-18-13-20(24-29-18)17-8-5-4-6-9-17/h4-6,8-9,13,16,19H,3,7,10-12,14-15H2,1-2H3/t16-,19-,23+/m1/s1. The maximum Gasteiger partial charge on any atom is 0.314 e. The predicted octanol–water partition coefficient (Wildman–Crippen LogP) is 3.71. The molecule has 1 aliphatic carbocycles. The number of piperidine rings is 1. The van der Waals surface area contributed by atoms with E-state index < -0.39 is 5.41 Å². The van der Waals surface area contributed by atoms with Gasteiger partial charge in [-0.05, 0) is 32.1 Å². The van der Waals surface area contributed by atoms with Gasteiger partial charge in [-0.3, -0.25) is 9.59 Å². The van der Waals surface area contributed by atoms with E-state index in [9.17, 15) is 9.59 Å². The van der Waals surface area contributed by atoms with Crippen LogP contribution in [0.25, 0.3) is 11.3 Å². The van der Waals surface area contributed by atoms with Crippen molar-refractivity contribution in [3.8, 4) is 11.3 Å². The first kappa shape index (κ1) is 19.7. The van der Waals surface area contributed by atoms with Crippen LogP contribution in [-0.2, 0) is 20.7 Å². The average molecular weight is 396 g/mol. The highest BCUT2D eigenvalue weighted by atomic mass is 16.5. The van der Waals surface area contributed by atoms with Gasteiger partial charge in [0.2, 0.25) is 5.91 Å². The highest BCUT2D eigenvalue weighted by molar-refractivity contribution is 5.84. The minimum Gasteiger partial charge on any atom is -0.466 e. The normalized spacial score (nSPS) is 26.2. The lowest BCUT2D eigenvalue weighted by Crippen LogP contribution is -2.52. The summed E-state index contributed by atoms with van der Waals surface area (Å²) in [6.45, 7) is 5.32. The van der Waals surface area contributed by atoms with Gasteiger partial charge in [-0.2, -0.15) is 0 Å². The largest absolute Gasteiger partial charge is 0.466 e. The number of aromatic nitrogens is 1. The van der Waals surface area contributed by atoms with Gasteiger partial charge in [-0.1, -0.05) is 42.4 Å². The number of carbonyl (C=O) groups is 2. The topological polar surface area (TPSA) is 72.6 Å². The van der Waals surface area contributed by atoms with E-state index in [0.717, 1.165) is 24.1 Å². The van der Waals surface area contributed by atoms with Crippen LogP contribution >= 0.6 is 0 Å². The van der Waals surface area contributed by atoms with Crippen LogP contribution in [0.1, 0.15) is 38.9 Å². The molecule has 0 bridgehead atoms. The van der Waals surface area contributed by atoms with Crippen molar-refractivity contribution < 1.29 is 18.8 Å². The third kappa shape index (κ3) is 4.07. The second-order valence-corrected chi connectivity index (χ2v) is 8.40. The van der Waals surface area contributed by atoms with E-state index in [1.807, 2.05) is 48.2 Å².